The fourth-order valence-electron chi connectivity index (χ4n) is 1.75. The molecule has 0 radical (unpaired) electrons. The van der Waals surface area contributed by atoms with E-state index in [2.05, 4.69) is 5.32 Å². The Bertz CT molecular complexity index is 585. The lowest BCUT2D eigenvalue weighted by Gasteiger charge is -2.07. The van der Waals surface area contributed by atoms with Crippen molar-refractivity contribution in [2.45, 2.75) is 0 Å². The van der Waals surface area contributed by atoms with Gasteiger partial charge in [-0.3, -0.25) is 10.1 Å². The highest BCUT2D eigenvalue weighted by molar-refractivity contribution is 5.74. The maximum absolute atomic E-state index is 13.9. The minimum atomic E-state index is -0.530. The minimum absolute atomic E-state index is 0.141. The van der Waals surface area contributed by atoms with Crippen LogP contribution in [-0.4, -0.2) is 12.0 Å². The van der Waals surface area contributed by atoms with Crippen LogP contribution in [0, 0.1) is 15.9 Å². The zero-order chi connectivity index (χ0) is 13.1. The fraction of sp³-hybridized carbons (Fsp3) is 0.0769. The zero-order valence-electron chi connectivity index (χ0n) is 9.68. The molecule has 18 heavy (non-hydrogen) atoms. The molecule has 0 aliphatic heterocycles. The normalized spacial score (nSPS) is 10.1. The van der Waals surface area contributed by atoms with Gasteiger partial charge in [0, 0.05) is 24.7 Å². The van der Waals surface area contributed by atoms with Crippen LogP contribution in [0.15, 0.2) is 42.5 Å². The van der Waals surface area contributed by atoms with Gasteiger partial charge in [0.1, 0.15) is 11.5 Å². The molecule has 0 aliphatic carbocycles. The summed E-state index contributed by atoms with van der Waals surface area (Å²) in [6.07, 6.45) is 0. The summed E-state index contributed by atoms with van der Waals surface area (Å²) in [6, 6.07) is 11.1. The van der Waals surface area contributed by atoms with E-state index in [4.69, 9.17) is 0 Å². The van der Waals surface area contributed by atoms with E-state index in [0.29, 0.717) is 5.56 Å². The summed E-state index contributed by atoms with van der Waals surface area (Å²) >= 11 is 0. The van der Waals surface area contributed by atoms with Gasteiger partial charge in [0.15, 0.2) is 0 Å². The largest absolute Gasteiger partial charge is 0.382 e. The smallest absolute Gasteiger partial charge is 0.293 e. The monoisotopic (exact) mass is 246 g/mol. The molecule has 92 valence electrons. The molecule has 0 fully saturated rings. The standard InChI is InChI=1S/C13H11FN2O2/c1-15-12-8-11(14)10(7-13(12)16(17)18)9-5-3-2-4-6-9/h2-8,15H,1H3. The van der Waals surface area contributed by atoms with Crippen molar-refractivity contribution in [2.24, 2.45) is 0 Å². The lowest BCUT2D eigenvalue weighted by molar-refractivity contribution is -0.383. The number of hydrogen-bond donors (Lipinski definition) is 1. The van der Waals surface area contributed by atoms with Gasteiger partial charge in [0.05, 0.1) is 4.92 Å². The molecule has 0 aromatic heterocycles. The maximum Gasteiger partial charge on any atom is 0.293 e. The Morgan fingerprint density at radius 2 is 1.89 bits per heavy atom. The van der Waals surface area contributed by atoms with Crippen molar-refractivity contribution in [3.8, 4) is 11.1 Å². The van der Waals surface area contributed by atoms with Gasteiger partial charge in [0.25, 0.3) is 5.69 Å². The van der Waals surface area contributed by atoms with Crippen molar-refractivity contribution in [3.05, 3.63) is 58.4 Å². The molecule has 0 saturated carbocycles. The van der Waals surface area contributed by atoms with Crippen LogP contribution in [0.25, 0.3) is 11.1 Å². The van der Waals surface area contributed by atoms with Crippen molar-refractivity contribution >= 4 is 11.4 Å². The van der Waals surface area contributed by atoms with Crippen molar-refractivity contribution in [1.82, 2.24) is 0 Å². The maximum atomic E-state index is 13.9. The number of nitro groups is 1. The Kier molecular flexibility index (Phi) is 3.23. The number of hydrogen-bond acceptors (Lipinski definition) is 3. The lowest BCUT2D eigenvalue weighted by atomic mass is 10.0. The Hall–Kier alpha value is -2.43. The molecule has 2 aromatic carbocycles. The summed E-state index contributed by atoms with van der Waals surface area (Å²) in [5.41, 5.74) is 0.858. The Balaban J connectivity index is 2.63. The number of nitrogens with zero attached hydrogens (tertiary/aromatic N) is 1. The van der Waals surface area contributed by atoms with Gasteiger partial charge < -0.3 is 5.32 Å². The number of anilines is 1. The number of nitrogens with one attached hydrogen (secondary N) is 1. The average Bonchev–Trinajstić information content (AvgIpc) is 2.39. The summed E-state index contributed by atoms with van der Waals surface area (Å²) in [5, 5.41) is 13.5. The Morgan fingerprint density at radius 1 is 1.22 bits per heavy atom. The summed E-state index contributed by atoms with van der Waals surface area (Å²) in [5.74, 6) is -0.490. The predicted molar refractivity (Wildman–Crippen MR) is 68.0 cm³/mol. The molecule has 0 saturated heterocycles. The van der Waals surface area contributed by atoms with E-state index >= 15 is 0 Å². The zero-order valence-corrected chi connectivity index (χ0v) is 9.68. The molecule has 0 heterocycles. The summed E-state index contributed by atoms with van der Waals surface area (Å²) in [7, 11) is 1.52. The van der Waals surface area contributed by atoms with Gasteiger partial charge >= 0.3 is 0 Å². The summed E-state index contributed by atoms with van der Waals surface area (Å²) in [4.78, 5) is 10.4. The van der Waals surface area contributed by atoms with E-state index in [1.165, 1.54) is 13.1 Å². The van der Waals surface area contributed by atoms with Crippen LogP contribution >= 0.6 is 0 Å². The van der Waals surface area contributed by atoms with Crippen LogP contribution < -0.4 is 5.32 Å². The SMILES string of the molecule is CNc1cc(F)c(-c2ccccc2)cc1[N+](=O)[O-]. The van der Waals surface area contributed by atoms with E-state index < -0.39 is 10.7 Å². The van der Waals surface area contributed by atoms with Crippen molar-refractivity contribution in [1.29, 1.82) is 0 Å². The number of nitro benzene ring substituents is 1. The summed E-state index contributed by atoms with van der Waals surface area (Å²) < 4.78 is 13.9. The minimum Gasteiger partial charge on any atom is -0.382 e. The summed E-state index contributed by atoms with van der Waals surface area (Å²) in [6.45, 7) is 0. The molecule has 4 nitrogen and oxygen atoms in total. The van der Waals surface area contributed by atoms with Gasteiger partial charge in [-0.05, 0) is 5.56 Å². The molecule has 0 bridgehead atoms. The van der Waals surface area contributed by atoms with Gasteiger partial charge in [-0.2, -0.15) is 0 Å². The first kappa shape index (κ1) is 12.0. The topological polar surface area (TPSA) is 55.2 Å². The van der Waals surface area contributed by atoms with Crippen LogP contribution in [0.2, 0.25) is 0 Å². The first-order valence-electron chi connectivity index (χ1n) is 5.34. The van der Waals surface area contributed by atoms with Crippen LogP contribution in [0.5, 0.6) is 0 Å². The molecule has 2 rings (SSSR count). The van der Waals surface area contributed by atoms with Gasteiger partial charge in [0.2, 0.25) is 0 Å². The number of halogens is 1. The van der Waals surface area contributed by atoms with E-state index in [9.17, 15) is 14.5 Å². The molecule has 1 N–H and O–H groups in total. The number of benzene rings is 2. The van der Waals surface area contributed by atoms with E-state index in [-0.39, 0.29) is 16.9 Å². The molecule has 5 heteroatoms. The fourth-order valence-corrected chi connectivity index (χ4v) is 1.75. The van der Waals surface area contributed by atoms with Crippen LogP contribution in [0.1, 0.15) is 0 Å². The lowest BCUT2D eigenvalue weighted by Crippen LogP contribution is -1.98. The highest BCUT2D eigenvalue weighted by atomic mass is 19.1. The number of rotatable bonds is 3. The van der Waals surface area contributed by atoms with Gasteiger partial charge in [-0.25, -0.2) is 4.39 Å². The Morgan fingerprint density at radius 3 is 2.44 bits per heavy atom. The highest BCUT2D eigenvalue weighted by Gasteiger charge is 2.18. The van der Waals surface area contributed by atoms with Crippen LogP contribution in [0.3, 0.4) is 0 Å². The van der Waals surface area contributed by atoms with E-state index in [1.54, 1.807) is 30.3 Å². The van der Waals surface area contributed by atoms with Crippen LogP contribution in [-0.2, 0) is 0 Å². The molecule has 0 amide bonds. The molecule has 0 unspecified atom stereocenters. The second-order valence-electron chi connectivity index (χ2n) is 3.72. The van der Waals surface area contributed by atoms with Gasteiger partial charge in [-0.15, -0.1) is 0 Å². The third-order valence-electron chi connectivity index (χ3n) is 2.64. The average molecular weight is 246 g/mol. The second kappa shape index (κ2) is 4.83. The highest BCUT2D eigenvalue weighted by Crippen LogP contribution is 2.32. The Labute approximate surface area is 103 Å². The molecular formula is C13H11FN2O2. The third-order valence-corrected chi connectivity index (χ3v) is 2.64. The van der Waals surface area contributed by atoms with E-state index in [1.807, 2.05) is 0 Å². The van der Waals surface area contributed by atoms with Crippen molar-refractivity contribution in [2.75, 3.05) is 12.4 Å². The van der Waals surface area contributed by atoms with Crippen molar-refractivity contribution in [3.63, 3.8) is 0 Å². The first-order chi connectivity index (χ1) is 8.63. The molecule has 0 aliphatic rings. The molecular weight excluding hydrogens is 235 g/mol. The molecule has 0 spiro atoms. The molecule has 0 atom stereocenters. The third kappa shape index (κ3) is 2.15. The second-order valence-corrected chi connectivity index (χ2v) is 3.72. The molecule has 2 aromatic rings. The van der Waals surface area contributed by atoms with E-state index in [0.717, 1.165) is 6.07 Å². The van der Waals surface area contributed by atoms with Gasteiger partial charge in [-0.1, -0.05) is 30.3 Å². The quantitative estimate of drug-likeness (QED) is 0.666. The van der Waals surface area contributed by atoms with Crippen molar-refractivity contribution < 1.29 is 9.31 Å². The van der Waals surface area contributed by atoms with Crippen LogP contribution in [0.4, 0.5) is 15.8 Å². The predicted octanol–water partition coefficient (Wildman–Crippen LogP) is 3.44. The first-order valence-corrected chi connectivity index (χ1v) is 5.34.